The van der Waals surface area contributed by atoms with Crippen molar-refractivity contribution in [2.24, 2.45) is 0 Å². The average Bonchev–Trinajstić information content (AvgIpc) is 2.46. The normalized spacial score (nSPS) is 15.6. The van der Waals surface area contributed by atoms with Crippen LogP contribution in [0.1, 0.15) is 12.0 Å². The summed E-state index contributed by atoms with van der Waals surface area (Å²) in [5.74, 6) is 0.637. The van der Waals surface area contributed by atoms with Crippen molar-refractivity contribution in [1.29, 1.82) is 0 Å². The van der Waals surface area contributed by atoms with Crippen molar-refractivity contribution in [2.45, 2.75) is 12.8 Å². The third-order valence-corrected chi connectivity index (χ3v) is 3.15. The van der Waals surface area contributed by atoms with E-state index >= 15 is 0 Å². The fourth-order valence-corrected chi connectivity index (χ4v) is 2.02. The van der Waals surface area contributed by atoms with E-state index in [1.807, 2.05) is 4.90 Å². The first-order valence-corrected chi connectivity index (χ1v) is 6.35. The van der Waals surface area contributed by atoms with Gasteiger partial charge in [-0.15, -0.1) is 0 Å². The molecule has 0 aromatic carbocycles. The highest BCUT2D eigenvalue weighted by molar-refractivity contribution is 5.65. The summed E-state index contributed by atoms with van der Waals surface area (Å²) >= 11 is 0. The molecule has 1 aliphatic rings. The zero-order valence-corrected chi connectivity index (χ0v) is 10.7. The number of anilines is 1. The standard InChI is InChI=1S/C12H18N4O3/c17-7-1-2-10-8-13-11(14-9-10)15-3-5-16(6-4-15)12(18)19/h8-9,17H,1-7H2,(H,18,19). The number of hydrogen-bond acceptors (Lipinski definition) is 5. The van der Waals surface area contributed by atoms with Gasteiger partial charge in [0.1, 0.15) is 0 Å². The highest BCUT2D eigenvalue weighted by atomic mass is 16.4. The Labute approximate surface area is 111 Å². The molecule has 7 heteroatoms. The van der Waals surface area contributed by atoms with E-state index in [0.29, 0.717) is 38.5 Å². The molecule has 0 bridgehead atoms. The second-order valence-electron chi connectivity index (χ2n) is 4.48. The molecule has 2 rings (SSSR count). The summed E-state index contributed by atoms with van der Waals surface area (Å²) in [6.07, 6.45) is 4.13. The second kappa shape index (κ2) is 6.33. The Kier molecular flexibility index (Phi) is 4.51. The topological polar surface area (TPSA) is 89.8 Å². The molecule has 0 atom stereocenters. The monoisotopic (exact) mass is 266 g/mol. The maximum absolute atomic E-state index is 10.8. The van der Waals surface area contributed by atoms with Crippen LogP contribution in [0.4, 0.5) is 10.7 Å². The Morgan fingerprint density at radius 3 is 2.37 bits per heavy atom. The lowest BCUT2D eigenvalue weighted by atomic mass is 10.2. The van der Waals surface area contributed by atoms with Crippen LogP contribution in [0.2, 0.25) is 0 Å². The van der Waals surface area contributed by atoms with E-state index < -0.39 is 6.09 Å². The number of rotatable bonds is 4. The molecule has 1 amide bonds. The maximum Gasteiger partial charge on any atom is 0.407 e. The molecular formula is C12H18N4O3. The molecule has 2 heterocycles. The number of aromatic nitrogens is 2. The van der Waals surface area contributed by atoms with Gasteiger partial charge < -0.3 is 20.0 Å². The minimum absolute atomic E-state index is 0.166. The van der Waals surface area contributed by atoms with Crippen molar-refractivity contribution >= 4 is 12.0 Å². The molecule has 0 saturated carbocycles. The minimum atomic E-state index is -0.875. The molecule has 1 aromatic heterocycles. The molecule has 0 spiro atoms. The summed E-state index contributed by atoms with van der Waals surface area (Å²) in [5.41, 5.74) is 1.00. The highest BCUT2D eigenvalue weighted by Gasteiger charge is 2.21. The smallest absolute Gasteiger partial charge is 0.407 e. The van der Waals surface area contributed by atoms with E-state index in [1.54, 1.807) is 12.4 Å². The first kappa shape index (κ1) is 13.5. The van der Waals surface area contributed by atoms with Crippen LogP contribution < -0.4 is 4.90 Å². The quantitative estimate of drug-likeness (QED) is 0.809. The molecular weight excluding hydrogens is 248 g/mol. The van der Waals surface area contributed by atoms with Gasteiger partial charge in [-0.05, 0) is 18.4 Å². The Morgan fingerprint density at radius 1 is 1.21 bits per heavy atom. The van der Waals surface area contributed by atoms with E-state index in [-0.39, 0.29) is 6.61 Å². The van der Waals surface area contributed by atoms with Crippen molar-refractivity contribution in [2.75, 3.05) is 37.7 Å². The predicted octanol–water partition coefficient (Wildman–Crippen LogP) is 0.202. The van der Waals surface area contributed by atoms with Crippen LogP contribution in [0.25, 0.3) is 0 Å². The Bertz CT molecular complexity index is 415. The van der Waals surface area contributed by atoms with Gasteiger partial charge in [-0.1, -0.05) is 0 Å². The van der Waals surface area contributed by atoms with Gasteiger partial charge >= 0.3 is 6.09 Å². The fourth-order valence-electron chi connectivity index (χ4n) is 2.02. The van der Waals surface area contributed by atoms with Gasteiger partial charge in [0.25, 0.3) is 0 Å². The summed E-state index contributed by atoms with van der Waals surface area (Å²) in [6.45, 7) is 2.35. The fraction of sp³-hybridized carbons (Fsp3) is 0.583. The molecule has 1 aromatic rings. The summed E-state index contributed by atoms with van der Waals surface area (Å²) in [4.78, 5) is 22.8. The molecule has 0 unspecified atom stereocenters. The van der Waals surface area contributed by atoms with E-state index in [1.165, 1.54) is 4.90 Å². The lowest BCUT2D eigenvalue weighted by molar-refractivity contribution is 0.142. The Hall–Kier alpha value is -1.89. The van der Waals surface area contributed by atoms with E-state index in [0.717, 1.165) is 12.0 Å². The van der Waals surface area contributed by atoms with Gasteiger partial charge in [-0.2, -0.15) is 0 Å². The third-order valence-electron chi connectivity index (χ3n) is 3.15. The molecule has 104 valence electrons. The summed E-state index contributed by atoms with van der Waals surface area (Å²) in [6, 6.07) is 0. The van der Waals surface area contributed by atoms with Gasteiger partial charge in [-0.3, -0.25) is 0 Å². The van der Waals surface area contributed by atoms with E-state index in [2.05, 4.69) is 9.97 Å². The molecule has 1 fully saturated rings. The molecule has 1 aliphatic heterocycles. The van der Waals surface area contributed by atoms with Crippen molar-refractivity contribution in [1.82, 2.24) is 14.9 Å². The Balaban J connectivity index is 1.90. The van der Waals surface area contributed by atoms with Crippen LogP contribution in [-0.2, 0) is 6.42 Å². The predicted molar refractivity (Wildman–Crippen MR) is 69.2 cm³/mol. The van der Waals surface area contributed by atoms with Crippen molar-refractivity contribution < 1.29 is 15.0 Å². The molecule has 0 radical (unpaired) electrons. The largest absolute Gasteiger partial charge is 0.465 e. The van der Waals surface area contributed by atoms with E-state index in [9.17, 15) is 4.79 Å². The zero-order valence-electron chi connectivity index (χ0n) is 10.7. The minimum Gasteiger partial charge on any atom is -0.465 e. The lowest BCUT2D eigenvalue weighted by Gasteiger charge is -2.33. The number of carboxylic acid groups (broad SMARTS) is 1. The number of nitrogens with zero attached hydrogens (tertiary/aromatic N) is 4. The van der Waals surface area contributed by atoms with Gasteiger partial charge in [0.05, 0.1) is 0 Å². The van der Waals surface area contributed by atoms with Crippen LogP contribution in [0.5, 0.6) is 0 Å². The lowest BCUT2D eigenvalue weighted by Crippen LogP contribution is -2.48. The van der Waals surface area contributed by atoms with Gasteiger partial charge in [-0.25, -0.2) is 14.8 Å². The number of hydrogen-bond donors (Lipinski definition) is 2. The van der Waals surface area contributed by atoms with Crippen LogP contribution in [-0.4, -0.2) is 64.0 Å². The number of piperazine rings is 1. The highest BCUT2D eigenvalue weighted by Crippen LogP contribution is 2.11. The number of aryl methyl sites for hydroxylation is 1. The SMILES string of the molecule is O=C(O)N1CCN(c2ncc(CCCO)cn2)CC1. The van der Waals surface area contributed by atoms with Crippen molar-refractivity contribution in [3.63, 3.8) is 0 Å². The maximum atomic E-state index is 10.8. The number of amides is 1. The summed E-state index contributed by atoms with van der Waals surface area (Å²) < 4.78 is 0. The van der Waals surface area contributed by atoms with Crippen molar-refractivity contribution in [3.05, 3.63) is 18.0 Å². The third kappa shape index (κ3) is 3.54. The molecule has 1 saturated heterocycles. The van der Waals surface area contributed by atoms with Crippen LogP contribution >= 0.6 is 0 Å². The molecule has 0 aliphatic carbocycles. The average molecular weight is 266 g/mol. The zero-order chi connectivity index (χ0) is 13.7. The van der Waals surface area contributed by atoms with Crippen molar-refractivity contribution in [3.8, 4) is 0 Å². The summed E-state index contributed by atoms with van der Waals surface area (Å²) in [5, 5.41) is 17.6. The van der Waals surface area contributed by atoms with Gasteiger partial charge in [0.2, 0.25) is 5.95 Å². The molecule has 19 heavy (non-hydrogen) atoms. The first-order valence-electron chi connectivity index (χ1n) is 6.35. The molecule has 7 nitrogen and oxygen atoms in total. The van der Waals surface area contributed by atoms with Crippen LogP contribution in [0.3, 0.4) is 0 Å². The van der Waals surface area contributed by atoms with Gasteiger partial charge in [0.15, 0.2) is 0 Å². The number of aliphatic hydroxyl groups excluding tert-OH is 1. The Morgan fingerprint density at radius 2 is 1.84 bits per heavy atom. The summed E-state index contributed by atoms with van der Waals surface area (Å²) in [7, 11) is 0. The van der Waals surface area contributed by atoms with E-state index in [4.69, 9.17) is 10.2 Å². The van der Waals surface area contributed by atoms with Crippen LogP contribution in [0, 0.1) is 0 Å². The number of carbonyl (C=O) groups is 1. The van der Waals surface area contributed by atoms with Gasteiger partial charge in [0, 0.05) is 45.2 Å². The molecule has 2 N–H and O–H groups in total. The number of aliphatic hydroxyl groups is 1. The second-order valence-corrected chi connectivity index (χ2v) is 4.48. The van der Waals surface area contributed by atoms with Crippen LogP contribution in [0.15, 0.2) is 12.4 Å². The first-order chi connectivity index (χ1) is 9.20.